The molecule has 116 valence electrons. The molecule has 0 saturated heterocycles. The predicted octanol–water partition coefficient (Wildman–Crippen LogP) is 3.82. The van der Waals surface area contributed by atoms with Crippen molar-refractivity contribution in [3.05, 3.63) is 53.0 Å². The first-order chi connectivity index (χ1) is 11.0. The molecule has 0 aliphatic heterocycles. The van der Waals surface area contributed by atoms with Gasteiger partial charge in [0.15, 0.2) is 0 Å². The van der Waals surface area contributed by atoms with Gasteiger partial charge in [0.25, 0.3) is 5.91 Å². The molecule has 0 saturated carbocycles. The van der Waals surface area contributed by atoms with E-state index in [0.717, 1.165) is 20.9 Å². The van der Waals surface area contributed by atoms with E-state index in [1.165, 1.54) is 6.92 Å². The van der Waals surface area contributed by atoms with E-state index in [1.54, 1.807) is 35.6 Å². The number of hydrogen-bond acceptors (Lipinski definition) is 4. The van der Waals surface area contributed by atoms with Gasteiger partial charge in [-0.05, 0) is 43.3 Å². The summed E-state index contributed by atoms with van der Waals surface area (Å²) in [5, 5.41) is 6.52. The Morgan fingerprint density at radius 3 is 2.61 bits per heavy atom. The van der Waals surface area contributed by atoms with Crippen LogP contribution in [0.2, 0.25) is 0 Å². The van der Waals surface area contributed by atoms with E-state index < -0.39 is 0 Å². The Hall–Kier alpha value is -2.73. The molecule has 23 heavy (non-hydrogen) atoms. The number of rotatable bonds is 3. The number of benzene rings is 2. The number of thiazole rings is 1. The van der Waals surface area contributed by atoms with Crippen LogP contribution < -0.4 is 10.6 Å². The lowest BCUT2D eigenvalue weighted by Gasteiger charge is -2.07. The maximum absolute atomic E-state index is 12.4. The first kappa shape index (κ1) is 15.2. The molecule has 3 aromatic rings. The van der Waals surface area contributed by atoms with Crippen molar-refractivity contribution < 1.29 is 9.59 Å². The summed E-state index contributed by atoms with van der Waals surface area (Å²) in [6, 6.07) is 12.5. The third-order valence-electron chi connectivity index (χ3n) is 3.20. The Kier molecular flexibility index (Phi) is 4.08. The van der Waals surface area contributed by atoms with E-state index in [2.05, 4.69) is 15.6 Å². The van der Waals surface area contributed by atoms with Crippen molar-refractivity contribution in [3.8, 4) is 0 Å². The van der Waals surface area contributed by atoms with Gasteiger partial charge in [-0.15, -0.1) is 11.3 Å². The zero-order valence-electron chi connectivity index (χ0n) is 12.7. The molecule has 6 heteroatoms. The Bertz CT molecular complexity index is 902. The lowest BCUT2D eigenvalue weighted by molar-refractivity contribution is -0.114. The normalized spacial score (nSPS) is 10.5. The molecular weight excluding hydrogens is 310 g/mol. The zero-order valence-corrected chi connectivity index (χ0v) is 13.5. The van der Waals surface area contributed by atoms with Crippen LogP contribution in [0.15, 0.2) is 42.5 Å². The average Bonchev–Trinajstić information content (AvgIpc) is 2.86. The van der Waals surface area contributed by atoms with E-state index in [0.29, 0.717) is 11.3 Å². The highest BCUT2D eigenvalue weighted by atomic mass is 32.1. The van der Waals surface area contributed by atoms with Crippen molar-refractivity contribution in [2.75, 3.05) is 10.6 Å². The third kappa shape index (κ3) is 3.54. The monoisotopic (exact) mass is 325 g/mol. The number of nitrogens with one attached hydrogen (secondary N) is 2. The van der Waals surface area contributed by atoms with E-state index >= 15 is 0 Å². The maximum atomic E-state index is 12.4. The first-order valence-corrected chi connectivity index (χ1v) is 7.89. The minimum absolute atomic E-state index is 0.173. The summed E-state index contributed by atoms with van der Waals surface area (Å²) in [5.41, 5.74) is 2.73. The van der Waals surface area contributed by atoms with E-state index in [9.17, 15) is 9.59 Å². The highest BCUT2D eigenvalue weighted by Crippen LogP contribution is 2.25. The van der Waals surface area contributed by atoms with E-state index in [-0.39, 0.29) is 11.8 Å². The fourth-order valence-corrected chi connectivity index (χ4v) is 3.13. The fourth-order valence-electron chi connectivity index (χ4n) is 2.26. The van der Waals surface area contributed by atoms with Gasteiger partial charge in [-0.2, -0.15) is 0 Å². The number of aromatic nitrogens is 1. The number of hydrogen-bond donors (Lipinski definition) is 2. The summed E-state index contributed by atoms with van der Waals surface area (Å²) >= 11 is 1.59. The molecule has 2 amide bonds. The summed E-state index contributed by atoms with van der Waals surface area (Å²) in [6.45, 7) is 3.38. The second kappa shape index (κ2) is 6.18. The molecule has 0 atom stereocenters. The number of carbonyl (C=O) groups excluding carboxylic acids is 2. The van der Waals surface area contributed by atoms with Gasteiger partial charge in [0.05, 0.1) is 15.2 Å². The topological polar surface area (TPSA) is 71.1 Å². The van der Waals surface area contributed by atoms with Gasteiger partial charge in [-0.3, -0.25) is 9.59 Å². The largest absolute Gasteiger partial charge is 0.326 e. The minimum atomic E-state index is -0.224. The molecule has 0 radical (unpaired) electrons. The molecule has 0 spiro atoms. The predicted molar refractivity (Wildman–Crippen MR) is 93.1 cm³/mol. The quantitative estimate of drug-likeness (QED) is 0.769. The van der Waals surface area contributed by atoms with Crippen molar-refractivity contribution in [3.63, 3.8) is 0 Å². The summed E-state index contributed by atoms with van der Waals surface area (Å²) < 4.78 is 1.03. The highest BCUT2D eigenvalue weighted by Gasteiger charge is 2.09. The Morgan fingerprint density at radius 2 is 1.83 bits per heavy atom. The summed E-state index contributed by atoms with van der Waals surface area (Å²) in [7, 11) is 0. The number of anilines is 2. The van der Waals surface area contributed by atoms with Crippen LogP contribution in [-0.4, -0.2) is 16.8 Å². The van der Waals surface area contributed by atoms with Crippen molar-refractivity contribution in [1.29, 1.82) is 0 Å². The maximum Gasteiger partial charge on any atom is 0.255 e. The second-order valence-corrected chi connectivity index (χ2v) is 6.37. The fraction of sp³-hybridized carbons (Fsp3) is 0.118. The van der Waals surface area contributed by atoms with Crippen LogP contribution in [-0.2, 0) is 4.79 Å². The summed E-state index contributed by atoms with van der Waals surface area (Å²) in [5.74, 6) is -0.397. The van der Waals surface area contributed by atoms with Crippen LogP contribution in [0.1, 0.15) is 22.3 Å². The lowest BCUT2D eigenvalue weighted by atomic mass is 10.2. The second-order valence-electron chi connectivity index (χ2n) is 5.13. The molecule has 0 unspecified atom stereocenters. The number of nitrogens with zero attached hydrogens (tertiary/aromatic N) is 1. The van der Waals surface area contributed by atoms with E-state index in [1.807, 2.05) is 25.1 Å². The first-order valence-electron chi connectivity index (χ1n) is 7.07. The van der Waals surface area contributed by atoms with Gasteiger partial charge in [-0.25, -0.2) is 4.98 Å². The molecule has 0 aliphatic rings. The Balaban J connectivity index is 1.81. The van der Waals surface area contributed by atoms with Gasteiger partial charge in [0.2, 0.25) is 5.91 Å². The minimum Gasteiger partial charge on any atom is -0.326 e. The number of aryl methyl sites for hydroxylation is 1. The SMILES string of the molecule is CC(=O)Nc1cccc(C(=O)Nc2ccc3nc(C)sc3c2)c1. The van der Waals surface area contributed by atoms with Gasteiger partial charge in [0.1, 0.15) is 0 Å². The van der Waals surface area contributed by atoms with Crippen LogP contribution in [0.5, 0.6) is 0 Å². The van der Waals surface area contributed by atoms with Crippen molar-refractivity contribution in [2.24, 2.45) is 0 Å². The summed E-state index contributed by atoms with van der Waals surface area (Å²) in [6.07, 6.45) is 0. The molecule has 3 rings (SSSR count). The molecule has 1 heterocycles. The third-order valence-corrected chi connectivity index (χ3v) is 4.13. The smallest absolute Gasteiger partial charge is 0.255 e. The molecule has 1 aromatic heterocycles. The zero-order chi connectivity index (χ0) is 16.4. The molecule has 0 fully saturated rings. The van der Waals surface area contributed by atoms with Crippen LogP contribution in [0.25, 0.3) is 10.2 Å². The van der Waals surface area contributed by atoms with Gasteiger partial charge < -0.3 is 10.6 Å². The van der Waals surface area contributed by atoms with E-state index in [4.69, 9.17) is 0 Å². The number of amides is 2. The standard InChI is InChI=1S/C17H15N3O2S/c1-10(21)18-13-5-3-4-12(8-13)17(22)20-14-6-7-15-16(9-14)23-11(2)19-15/h3-9H,1-2H3,(H,18,21)(H,20,22). The average molecular weight is 325 g/mol. The van der Waals surface area contributed by atoms with Crippen LogP contribution in [0, 0.1) is 6.92 Å². The van der Waals surface area contributed by atoms with Crippen molar-refractivity contribution in [1.82, 2.24) is 4.98 Å². The van der Waals surface area contributed by atoms with Crippen LogP contribution >= 0.6 is 11.3 Å². The lowest BCUT2D eigenvalue weighted by Crippen LogP contribution is -2.13. The van der Waals surface area contributed by atoms with Gasteiger partial charge >= 0.3 is 0 Å². The van der Waals surface area contributed by atoms with Crippen molar-refractivity contribution >= 4 is 44.7 Å². The summed E-state index contributed by atoms with van der Waals surface area (Å²) in [4.78, 5) is 27.8. The molecule has 0 aliphatic carbocycles. The van der Waals surface area contributed by atoms with Crippen LogP contribution in [0.3, 0.4) is 0 Å². The highest BCUT2D eigenvalue weighted by molar-refractivity contribution is 7.18. The molecule has 5 nitrogen and oxygen atoms in total. The van der Waals surface area contributed by atoms with Gasteiger partial charge in [-0.1, -0.05) is 6.07 Å². The Morgan fingerprint density at radius 1 is 1.04 bits per heavy atom. The molecule has 2 N–H and O–H groups in total. The van der Waals surface area contributed by atoms with Gasteiger partial charge in [0, 0.05) is 23.9 Å². The van der Waals surface area contributed by atoms with Crippen LogP contribution in [0.4, 0.5) is 11.4 Å². The molecule has 2 aromatic carbocycles. The number of fused-ring (bicyclic) bond motifs is 1. The number of carbonyl (C=O) groups is 2. The molecular formula is C17H15N3O2S. The van der Waals surface area contributed by atoms with Crippen molar-refractivity contribution in [2.45, 2.75) is 13.8 Å². The molecule has 0 bridgehead atoms. The Labute approximate surface area is 137 Å².